The third-order valence-electron chi connectivity index (χ3n) is 1.44. The van der Waals surface area contributed by atoms with Gasteiger partial charge in [-0.2, -0.15) is 0 Å². The minimum absolute atomic E-state index is 0.433. The van der Waals surface area contributed by atoms with E-state index in [4.69, 9.17) is 12.8 Å². The van der Waals surface area contributed by atoms with Gasteiger partial charge in [-0.05, 0) is 11.8 Å². The van der Waals surface area contributed by atoms with Crippen LogP contribution in [0.3, 0.4) is 0 Å². The summed E-state index contributed by atoms with van der Waals surface area (Å²) < 4.78 is 0. The van der Waals surface area contributed by atoms with Gasteiger partial charge in [0.05, 0.1) is 0 Å². The number of terminal acetylenes is 2. The van der Waals surface area contributed by atoms with Crippen molar-refractivity contribution in [3.05, 3.63) is 0 Å². The molecule has 0 aromatic carbocycles. The van der Waals surface area contributed by atoms with Gasteiger partial charge in [-0.25, -0.2) is 0 Å². The van der Waals surface area contributed by atoms with Crippen molar-refractivity contribution in [2.45, 2.75) is 0 Å². The van der Waals surface area contributed by atoms with Gasteiger partial charge in [-0.3, -0.25) is 9.59 Å². The van der Waals surface area contributed by atoms with E-state index in [-0.39, 0.29) is 0 Å². The smallest absolute Gasteiger partial charge is 0.295 e. The maximum atomic E-state index is 10.6. The molecule has 0 aliphatic heterocycles. The summed E-state index contributed by atoms with van der Waals surface area (Å²) in [6.07, 6.45) is 9.67. The van der Waals surface area contributed by atoms with Crippen LogP contribution in [0.1, 0.15) is 0 Å². The third kappa shape index (κ3) is 8.35. The van der Waals surface area contributed by atoms with Crippen molar-refractivity contribution in [1.29, 1.82) is 0 Å². The molecule has 0 saturated heterocycles. The first-order valence-electron chi connectivity index (χ1n) is 4.40. The van der Waals surface area contributed by atoms with Crippen molar-refractivity contribution >= 4 is 11.8 Å². The molecule has 0 aromatic rings. The summed E-state index contributed by atoms with van der Waals surface area (Å²) in [7, 11) is 0. The Morgan fingerprint density at radius 1 is 0.867 bits per heavy atom. The highest BCUT2D eigenvalue weighted by Gasteiger charge is 1.94. The second-order valence-corrected chi connectivity index (χ2v) is 2.55. The van der Waals surface area contributed by atoms with Crippen molar-refractivity contribution < 1.29 is 9.59 Å². The van der Waals surface area contributed by atoms with Crippen LogP contribution in [-0.4, -0.2) is 38.0 Å². The summed E-state index contributed by atoms with van der Waals surface area (Å²) in [5, 5.41) is 7.95. The Kier molecular flexibility index (Phi) is 7.47. The number of carbonyl (C=O) groups is 2. The molecule has 0 spiro atoms. The summed E-state index contributed by atoms with van der Waals surface area (Å²) in [6, 6.07) is 0. The molecule has 0 fully saturated rings. The quantitative estimate of drug-likeness (QED) is 0.351. The van der Waals surface area contributed by atoms with Crippen LogP contribution in [0.4, 0.5) is 0 Å². The average molecular weight is 207 g/mol. The van der Waals surface area contributed by atoms with Crippen LogP contribution < -0.4 is 16.0 Å². The van der Waals surface area contributed by atoms with Crippen LogP contribution in [0, 0.1) is 24.7 Å². The maximum absolute atomic E-state index is 10.6. The lowest BCUT2D eigenvalue weighted by atomic mass is 10.5. The maximum Gasteiger partial charge on any atom is 0.295 e. The predicted octanol–water partition coefficient (Wildman–Crippen LogP) is -1.93. The zero-order chi connectivity index (χ0) is 11.5. The minimum Gasteiger partial charge on any atom is -0.344 e. The first-order valence-corrected chi connectivity index (χ1v) is 4.40. The number of rotatable bonds is 6. The number of hydrogen-bond donors (Lipinski definition) is 3. The van der Waals surface area contributed by atoms with Gasteiger partial charge in [0.15, 0.2) is 0 Å². The highest BCUT2D eigenvalue weighted by Crippen LogP contribution is 1.64. The molecule has 5 heteroatoms. The van der Waals surface area contributed by atoms with Crippen LogP contribution >= 0.6 is 0 Å². The lowest BCUT2D eigenvalue weighted by Gasteiger charge is -2.04. The number of carbonyl (C=O) groups excluding carboxylic acids is 2. The van der Waals surface area contributed by atoms with Crippen LogP contribution in [0.2, 0.25) is 0 Å². The third-order valence-corrected chi connectivity index (χ3v) is 1.44. The molecule has 5 nitrogen and oxygen atoms in total. The van der Waals surface area contributed by atoms with Gasteiger partial charge < -0.3 is 16.0 Å². The molecule has 0 bridgehead atoms. The molecule has 0 atom stereocenters. The van der Waals surface area contributed by atoms with Crippen LogP contribution in [0.5, 0.6) is 0 Å². The zero-order valence-corrected chi connectivity index (χ0v) is 8.30. The predicted molar refractivity (Wildman–Crippen MR) is 56.6 cm³/mol. The molecule has 0 saturated carbocycles. The molecule has 0 heterocycles. The Balaban J connectivity index is 3.20. The van der Waals surface area contributed by atoms with Gasteiger partial charge in [0.2, 0.25) is 0 Å². The largest absolute Gasteiger partial charge is 0.344 e. The second-order valence-electron chi connectivity index (χ2n) is 2.55. The highest BCUT2D eigenvalue weighted by atomic mass is 16.2. The fourth-order valence-electron chi connectivity index (χ4n) is 0.756. The summed E-state index contributed by atoms with van der Waals surface area (Å²) >= 11 is 0. The van der Waals surface area contributed by atoms with E-state index in [9.17, 15) is 9.59 Å². The molecule has 0 unspecified atom stereocenters. The summed E-state index contributed by atoms with van der Waals surface area (Å²) in [5.74, 6) is 3.00. The molecule has 80 valence electrons. The summed E-state index contributed by atoms with van der Waals surface area (Å²) in [5.41, 5.74) is 0. The fraction of sp³-hybridized carbons (Fsp3) is 0.400. The Bertz CT molecular complexity index is 269. The van der Waals surface area contributed by atoms with Crippen molar-refractivity contribution in [2.24, 2.45) is 0 Å². The Morgan fingerprint density at radius 2 is 1.27 bits per heavy atom. The average Bonchev–Trinajstić information content (AvgIpc) is 2.26. The van der Waals surface area contributed by atoms with Gasteiger partial charge in [-0.15, -0.1) is 12.8 Å². The normalized spacial score (nSPS) is 8.40. The van der Waals surface area contributed by atoms with E-state index in [0.717, 1.165) is 0 Å². The fourth-order valence-corrected chi connectivity index (χ4v) is 0.756. The highest BCUT2D eigenvalue weighted by molar-refractivity contribution is 5.93. The Morgan fingerprint density at radius 3 is 1.60 bits per heavy atom. The van der Waals surface area contributed by atoms with Gasteiger partial charge in [0, 0.05) is 26.2 Å². The molecule has 0 aliphatic rings. The summed E-state index contributed by atoms with van der Waals surface area (Å²) in [4.78, 5) is 21.1. The molecule has 0 rings (SSSR count). The van der Waals surface area contributed by atoms with Crippen molar-refractivity contribution in [1.82, 2.24) is 16.0 Å². The van der Waals surface area contributed by atoms with E-state index in [1.165, 1.54) is 0 Å². The van der Waals surface area contributed by atoms with Gasteiger partial charge >= 0.3 is 0 Å². The second kappa shape index (κ2) is 8.61. The first kappa shape index (κ1) is 13.0. The molecule has 15 heavy (non-hydrogen) atoms. The Hall–Kier alpha value is -1.98. The topological polar surface area (TPSA) is 70.2 Å². The van der Waals surface area contributed by atoms with E-state index in [1.54, 1.807) is 0 Å². The molecule has 0 radical (unpaired) electrons. The van der Waals surface area contributed by atoms with E-state index in [1.807, 2.05) is 11.8 Å². The molecule has 3 N–H and O–H groups in total. The zero-order valence-electron chi connectivity index (χ0n) is 8.30. The molecular weight excluding hydrogens is 194 g/mol. The summed E-state index contributed by atoms with van der Waals surface area (Å²) in [6.45, 7) is 2.07. The first-order chi connectivity index (χ1) is 7.20. The lowest BCUT2D eigenvalue weighted by Crippen LogP contribution is -2.35. The number of hydrogen-bond acceptors (Lipinski definition) is 3. The van der Waals surface area contributed by atoms with Crippen LogP contribution in [-0.2, 0) is 9.59 Å². The standard InChI is InChI=1S/C10H13N3O2/c1-3-9(14)12-7-5-11-6-8-13-10(15)4-2/h1-2,11H,5-8H2,(H,12,14)(H,13,15). The van der Waals surface area contributed by atoms with Gasteiger partial charge in [0.25, 0.3) is 11.8 Å². The molecule has 0 aliphatic carbocycles. The van der Waals surface area contributed by atoms with Crippen LogP contribution in [0.25, 0.3) is 0 Å². The van der Waals surface area contributed by atoms with Crippen molar-refractivity contribution in [3.63, 3.8) is 0 Å². The number of nitrogens with one attached hydrogen (secondary N) is 3. The van der Waals surface area contributed by atoms with E-state index in [2.05, 4.69) is 16.0 Å². The van der Waals surface area contributed by atoms with E-state index >= 15 is 0 Å². The van der Waals surface area contributed by atoms with Gasteiger partial charge in [0.1, 0.15) is 0 Å². The van der Waals surface area contributed by atoms with Crippen molar-refractivity contribution in [3.8, 4) is 24.7 Å². The molecule has 0 aromatic heterocycles. The van der Waals surface area contributed by atoms with Crippen molar-refractivity contribution in [2.75, 3.05) is 26.2 Å². The number of amides is 2. The minimum atomic E-state index is -0.433. The Labute approximate surface area is 89.0 Å². The van der Waals surface area contributed by atoms with Gasteiger partial charge in [-0.1, -0.05) is 0 Å². The van der Waals surface area contributed by atoms with Crippen LogP contribution in [0.15, 0.2) is 0 Å². The van der Waals surface area contributed by atoms with E-state index < -0.39 is 11.8 Å². The SMILES string of the molecule is C#CC(=O)NCCNCCNC(=O)C#C. The molecule has 2 amide bonds. The van der Waals surface area contributed by atoms with E-state index in [0.29, 0.717) is 26.2 Å². The molecular formula is C10H13N3O2. The lowest BCUT2D eigenvalue weighted by molar-refractivity contribution is -0.116. The monoisotopic (exact) mass is 207 g/mol.